The molecule has 0 spiro atoms. The largest absolute Gasteiger partial charge is 0.444 e. The number of likely N-dealkylation sites (tertiary alicyclic amines) is 1. The van der Waals surface area contributed by atoms with Crippen molar-refractivity contribution in [2.75, 3.05) is 26.2 Å². The third-order valence-electron chi connectivity index (χ3n) is 2.95. The number of hydrogen-bond acceptors (Lipinski definition) is 4. The van der Waals surface area contributed by atoms with E-state index in [9.17, 15) is 4.79 Å². The highest BCUT2D eigenvalue weighted by Crippen LogP contribution is 2.22. The second-order valence-electron chi connectivity index (χ2n) is 5.73. The molecule has 1 heterocycles. The van der Waals surface area contributed by atoms with Gasteiger partial charge in [0.1, 0.15) is 5.60 Å². The molecular formula is C13H26N2O3. The number of amides is 1. The molecule has 0 aromatic carbocycles. The summed E-state index contributed by atoms with van der Waals surface area (Å²) in [5.74, 6) is 0. The molecular weight excluding hydrogens is 232 g/mol. The number of aliphatic hydroxyl groups is 1. The van der Waals surface area contributed by atoms with E-state index in [2.05, 4.69) is 5.32 Å². The van der Waals surface area contributed by atoms with E-state index >= 15 is 0 Å². The Bertz CT molecular complexity index is 263. The Morgan fingerprint density at radius 2 is 2.17 bits per heavy atom. The second kappa shape index (κ2) is 6.95. The Morgan fingerprint density at radius 1 is 1.44 bits per heavy atom. The van der Waals surface area contributed by atoms with Crippen LogP contribution in [0.3, 0.4) is 0 Å². The maximum Gasteiger partial charge on any atom is 0.410 e. The lowest BCUT2D eigenvalue weighted by molar-refractivity contribution is 0.0220. The summed E-state index contributed by atoms with van der Waals surface area (Å²) >= 11 is 0. The van der Waals surface area contributed by atoms with Gasteiger partial charge >= 0.3 is 6.09 Å². The molecule has 1 aliphatic rings. The average Bonchev–Trinajstić information content (AvgIpc) is 2.70. The van der Waals surface area contributed by atoms with E-state index < -0.39 is 5.60 Å². The normalized spacial score (nSPS) is 20.2. The highest BCUT2D eigenvalue weighted by Gasteiger charge is 2.31. The van der Waals surface area contributed by atoms with E-state index in [-0.39, 0.29) is 18.7 Å². The van der Waals surface area contributed by atoms with Crippen LogP contribution in [0.4, 0.5) is 4.79 Å². The number of ether oxygens (including phenoxy) is 1. The third-order valence-corrected chi connectivity index (χ3v) is 2.95. The molecule has 5 heteroatoms. The molecule has 18 heavy (non-hydrogen) atoms. The highest BCUT2D eigenvalue weighted by molar-refractivity contribution is 5.68. The Morgan fingerprint density at radius 3 is 2.78 bits per heavy atom. The Balaban J connectivity index is 2.36. The third kappa shape index (κ3) is 5.23. The maximum atomic E-state index is 12.0. The van der Waals surface area contributed by atoms with Crippen molar-refractivity contribution >= 4 is 6.09 Å². The number of carbonyl (C=O) groups is 1. The van der Waals surface area contributed by atoms with Crippen molar-refractivity contribution < 1.29 is 14.6 Å². The molecule has 2 N–H and O–H groups in total. The summed E-state index contributed by atoms with van der Waals surface area (Å²) in [6.07, 6.45) is 2.80. The summed E-state index contributed by atoms with van der Waals surface area (Å²) < 4.78 is 5.41. The molecule has 1 atom stereocenters. The number of nitrogens with zero attached hydrogens (tertiary/aromatic N) is 1. The zero-order valence-corrected chi connectivity index (χ0v) is 11.7. The van der Waals surface area contributed by atoms with Crippen LogP contribution in [0.25, 0.3) is 0 Å². The number of rotatable bonds is 5. The summed E-state index contributed by atoms with van der Waals surface area (Å²) in [5, 5.41) is 11.8. The molecule has 0 aromatic heterocycles. The molecule has 5 nitrogen and oxygen atoms in total. The fourth-order valence-corrected chi connectivity index (χ4v) is 2.17. The maximum absolute atomic E-state index is 12.0. The van der Waals surface area contributed by atoms with Crippen LogP contribution in [0.15, 0.2) is 0 Å². The van der Waals surface area contributed by atoms with E-state index in [1.165, 1.54) is 0 Å². The molecule has 1 fully saturated rings. The van der Waals surface area contributed by atoms with Crippen LogP contribution >= 0.6 is 0 Å². The van der Waals surface area contributed by atoms with Crippen molar-refractivity contribution in [3.05, 3.63) is 0 Å². The number of nitrogens with one attached hydrogen (secondary N) is 1. The summed E-state index contributed by atoms with van der Waals surface area (Å²) in [6.45, 7) is 8.04. The predicted molar refractivity (Wildman–Crippen MR) is 70.5 cm³/mol. The van der Waals surface area contributed by atoms with Crippen molar-refractivity contribution in [2.24, 2.45) is 0 Å². The van der Waals surface area contributed by atoms with Crippen molar-refractivity contribution in [2.45, 2.75) is 51.7 Å². The van der Waals surface area contributed by atoms with Gasteiger partial charge < -0.3 is 20.1 Å². The fraction of sp³-hybridized carbons (Fsp3) is 0.923. The highest BCUT2D eigenvalue weighted by atomic mass is 16.6. The van der Waals surface area contributed by atoms with Gasteiger partial charge in [-0.1, -0.05) is 0 Å². The number of aliphatic hydroxyl groups excluding tert-OH is 1. The molecule has 0 aromatic rings. The molecule has 1 saturated heterocycles. The minimum atomic E-state index is -0.431. The van der Waals surface area contributed by atoms with E-state index in [0.29, 0.717) is 6.54 Å². The Hall–Kier alpha value is -0.810. The summed E-state index contributed by atoms with van der Waals surface area (Å²) in [4.78, 5) is 13.8. The lowest BCUT2D eigenvalue weighted by Gasteiger charge is -2.28. The monoisotopic (exact) mass is 258 g/mol. The van der Waals surface area contributed by atoms with Crippen molar-refractivity contribution in [1.29, 1.82) is 0 Å². The first-order valence-electron chi connectivity index (χ1n) is 6.75. The van der Waals surface area contributed by atoms with Gasteiger partial charge in [-0.2, -0.15) is 0 Å². The van der Waals surface area contributed by atoms with E-state index in [0.717, 1.165) is 32.4 Å². The Kier molecular flexibility index (Phi) is 5.88. The van der Waals surface area contributed by atoms with Crippen LogP contribution < -0.4 is 5.32 Å². The Labute approximate surface area is 109 Å². The quantitative estimate of drug-likeness (QED) is 0.731. The zero-order valence-electron chi connectivity index (χ0n) is 11.7. The van der Waals surface area contributed by atoms with Crippen LogP contribution in [-0.4, -0.2) is 54.0 Å². The molecule has 1 rings (SSSR count). The smallest absolute Gasteiger partial charge is 0.410 e. The molecule has 0 bridgehead atoms. The summed E-state index contributed by atoms with van der Waals surface area (Å²) in [5.41, 5.74) is -0.431. The molecule has 1 amide bonds. The lowest BCUT2D eigenvalue weighted by Crippen LogP contribution is -2.41. The van der Waals surface area contributed by atoms with Crippen molar-refractivity contribution in [1.82, 2.24) is 10.2 Å². The first-order chi connectivity index (χ1) is 8.44. The predicted octanol–water partition coefficient (Wildman–Crippen LogP) is 1.36. The standard InChI is InChI=1S/C13H26N2O3/c1-13(2,3)18-12(17)15-9-4-5-11(15)6-7-14-8-10-16/h11,14,16H,4-10H2,1-3H3. The van der Waals surface area contributed by atoms with E-state index in [1.54, 1.807) is 0 Å². The minimum absolute atomic E-state index is 0.153. The lowest BCUT2D eigenvalue weighted by atomic mass is 10.1. The van der Waals surface area contributed by atoms with Crippen molar-refractivity contribution in [3.8, 4) is 0 Å². The molecule has 1 aliphatic heterocycles. The van der Waals surface area contributed by atoms with Gasteiger partial charge in [0.15, 0.2) is 0 Å². The van der Waals surface area contributed by atoms with Crippen LogP contribution in [0.5, 0.6) is 0 Å². The van der Waals surface area contributed by atoms with Crippen molar-refractivity contribution in [3.63, 3.8) is 0 Å². The minimum Gasteiger partial charge on any atom is -0.444 e. The number of carbonyl (C=O) groups excluding carboxylic acids is 1. The van der Waals surface area contributed by atoms with Gasteiger partial charge in [-0.05, 0) is 46.6 Å². The SMILES string of the molecule is CC(C)(C)OC(=O)N1CCCC1CCNCCO. The molecule has 0 aliphatic carbocycles. The van der Waals surface area contributed by atoms with Gasteiger partial charge in [0, 0.05) is 19.1 Å². The first-order valence-corrected chi connectivity index (χ1v) is 6.75. The van der Waals surface area contributed by atoms with Gasteiger partial charge in [-0.25, -0.2) is 4.79 Å². The van der Waals surface area contributed by atoms with Gasteiger partial charge in [-0.3, -0.25) is 0 Å². The zero-order chi connectivity index (χ0) is 13.6. The van der Waals surface area contributed by atoms with Crippen LogP contribution in [0.2, 0.25) is 0 Å². The second-order valence-corrected chi connectivity index (χ2v) is 5.73. The van der Waals surface area contributed by atoms with E-state index in [4.69, 9.17) is 9.84 Å². The number of hydrogen-bond donors (Lipinski definition) is 2. The average molecular weight is 258 g/mol. The van der Waals surface area contributed by atoms with Crippen LogP contribution in [0.1, 0.15) is 40.0 Å². The summed E-state index contributed by atoms with van der Waals surface area (Å²) in [6, 6.07) is 0.269. The van der Waals surface area contributed by atoms with Gasteiger partial charge in [-0.15, -0.1) is 0 Å². The fourth-order valence-electron chi connectivity index (χ4n) is 2.17. The molecule has 0 radical (unpaired) electrons. The molecule has 106 valence electrons. The first kappa shape index (κ1) is 15.2. The summed E-state index contributed by atoms with van der Waals surface area (Å²) in [7, 11) is 0. The van der Waals surface area contributed by atoms with Crippen LogP contribution in [0, 0.1) is 0 Å². The van der Waals surface area contributed by atoms with E-state index in [1.807, 2.05) is 25.7 Å². The molecule has 0 saturated carbocycles. The van der Waals surface area contributed by atoms with Gasteiger partial charge in [0.2, 0.25) is 0 Å². The topological polar surface area (TPSA) is 61.8 Å². The molecule has 1 unspecified atom stereocenters. The van der Waals surface area contributed by atoms with Gasteiger partial charge in [0.05, 0.1) is 6.61 Å². The van der Waals surface area contributed by atoms with Crippen LogP contribution in [-0.2, 0) is 4.74 Å². The van der Waals surface area contributed by atoms with Gasteiger partial charge in [0.25, 0.3) is 0 Å².